The monoisotopic (exact) mass is 288 g/mol. The Hall–Kier alpha value is -0.190. The maximum Gasteiger partial charge on any atom is 0.155 e. The molecule has 0 N–H and O–H groups in total. The van der Waals surface area contributed by atoms with Crippen molar-refractivity contribution < 1.29 is 20.0 Å². The van der Waals surface area contributed by atoms with E-state index in [1.54, 1.807) is 0 Å². The summed E-state index contributed by atoms with van der Waals surface area (Å²) >= 11 is 0. The average Bonchev–Trinajstić information content (AvgIpc) is 2.77. The number of alkyl halides is 1. The molecule has 6 atom stereocenters. The van der Waals surface area contributed by atoms with Crippen LogP contribution in [-0.4, -0.2) is 41.3 Å². The SMILES string of the molecule is [3H][C@@H]1O[C@@H]2[C@@]3(OC(C)(C)C)C[C@H]3C[C@]2(OC(C)(C)C)[C@H]1F. The van der Waals surface area contributed by atoms with Crippen molar-refractivity contribution in [2.24, 2.45) is 5.92 Å². The van der Waals surface area contributed by atoms with E-state index in [1.165, 1.54) is 0 Å². The van der Waals surface area contributed by atoms with E-state index in [1.807, 2.05) is 41.5 Å². The lowest BCUT2D eigenvalue weighted by atomic mass is 9.90. The van der Waals surface area contributed by atoms with Crippen LogP contribution >= 0.6 is 0 Å². The van der Waals surface area contributed by atoms with Crippen LogP contribution in [0, 0.1) is 5.92 Å². The highest BCUT2D eigenvalue weighted by Gasteiger charge is 2.79. The van der Waals surface area contributed by atoms with Crippen LogP contribution in [0.4, 0.5) is 4.39 Å². The Morgan fingerprint density at radius 3 is 2.10 bits per heavy atom. The van der Waals surface area contributed by atoms with Gasteiger partial charge in [-0.15, -0.1) is 0 Å². The smallest absolute Gasteiger partial charge is 0.155 e. The minimum Gasteiger partial charge on any atom is -0.369 e. The zero-order chi connectivity index (χ0) is 15.8. The minimum absolute atomic E-state index is 0.273. The topological polar surface area (TPSA) is 27.7 Å². The largest absolute Gasteiger partial charge is 0.369 e. The second-order valence-corrected chi connectivity index (χ2v) is 8.50. The van der Waals surface area contributed by atoms with E-state index in [-0.39, 0.29) is 11.5 Å². The third kappa shape index (κ3) is 2.11. The maximum absolute atomic E-state index is 14.8. The van der Waals surface area contributed by atoms with Gasteiger partial charge in [-0.1, -0.05) is 0 Å². The Morgan fingerprint density at radius 1 is 1.05 bits per heavy atom. The van der Waals surface area contributed by atoms with Gasteiger partial charge in [-0.3, -0.25) is 0 Å². The predicted octanol–water partition coefficient (Wildman–Crippen LogP) is 3.25. The van der Waals surface area contributed by atoms with E-state index >= 15 is 0 Å². The van der Waals surface area contributed by atoms with Crippen molar-refractivity contribution >= 4 is 0 Å². The van der Waals surface area contributed by atoms with Crippen LogP contribution in [-0.2, 0) is 14.2 Å². The minimum atomic E-state index is -1.42. The summed E-state index contributed by atoms with van der Waals surface area (Å²) in [6.07, 6.45) is -0.438. The van der Waals surface area contributed by atoms with Crippen molar-refractivity contribution in [3.8, 4) is 0 Å². The summed E-state index contributed by atoms with van der Waals surface area (Å²) in [6.45, 7) is 10.6. The van der Waals surface area contributed by atoms with Crippen LogP contribution in [0.25, 0.3) is 0 Å². The van der Waals surface area contributed by atoms with Gasteiger partial charge in [0.15, 0.2) is 6.17 Å². The van der Waals surface area contributed by atoms with Crippen molar-refractivity contribution in [3.05, 3.63) is 0 Å². The molecule has 0 radical (unpaired) electrons. The maximum atomic E-state index is 14.8. The number of hydrogen-bond acceptors (Lipinski definition) is 3. The zero-order valence-corrected chi connectivity index (χ0v) is 13.3. The predicted molar refractivity (Wildman–Crippen MR) is 74.5 cm³/mol. The zero-order valence-electron chi connectivity index (χ0n) is 14.3. The van der Waals surface area contributed by atoms with Crippen molar-refractivity contribution in [1.82, 2.24) is 0 Å². The van der Waals surface area contributed by atoms with Crippen LogP contribution in [0.5, 0.6) is 0 Å². The molecule has 4 heteroatoms. The van der Waals surface area contributed by atoms with Crippen molar-refractivity contribution in [2.75, 3.05) is 6.58 Å². The molecule has 1 heterocycles. The van der Waals surface area contributed by atoms with Crippen molar-refractivity contribution in [1.29, 1.82) is 0 Å². The van der Waals surface area contributed by atoms with Gasteiger partial charge in [-0.25, -0.2) is 4.39 Å². The number of ether oxygens (including phenoxy) is 3. The van der Waals surface area contributed by atoms with E-state index in [0.717, 1.165) is 6.42 Å². The first-order chi connectivity index (χ1) is 9.40. The van der Waals surface area contributed by atoms with Gasteiger partial charge in [0, 0.05) is 0 Å². The molecule has 1 saturated heterocycles. The fourth-order valence-corrected chi connectivity index (χ4v) is 4.02. The fraction of sp³-hybridized carbons (Fsp3) is 1.00. The van der Waals surface area contributed by atoms with Crippen LogP contribution in [0.15, 0.2) is 0 Å². The molecule has 3 fully saturated rings. The van der Waals surface area contributed by atoms with Gasteiger partial charge in [0.2, 0.25) is 0 Å². The first kappa shape index (κ1) is 13.5. The molecule has 20 heavy (non-hydrogen) atoms. The number of rotatable bonds is 2. The summed E-state index contributed by atoms with van der Waals surface area (Å²) in [6, 6.07) is 0. The van der Waals surface area contributed by atoms with Crippen LogP contribution < -0.4 is 0 Å². The van der Waals surface area contributed by atoms with Gasteiger partial charge in [0.25, 0.3) is 0 Å². The standard InChI is InChI=1S/C16H27FO3/c1-13(2,3)19-15-7-10(15)8-16(20-14(4,5)6)11(17)9-18-12(15)16/h10-12H,7-9H2,1-6H3/t10-,11-,12+,15+,16-/m0/s1/i9T/t9-,10-,11-,12+,15+,16-. The number of fused-ring (bicyclic) bond motifs is 3. The van der Waals surface area contributed by atoms with Gasteiger partial charge < -0.3 is 14.2 Å². The molecule has 0 aromatic carbocycles. The summed E-state index contributed by atoms with van der Waals surface area (Å²) in [5.74, 6) is 0.273. The highest BCUT2D eigenvalue weighted by molar-refractivity contribution is 5.29. The third-order valence-corrected chi connectivity index (χ3v) is 4.34. The Balaban J connectivity index is 1.92. The molecule has 3 rings (SSSR count). The molecule has 0 bridgehead atoms. The molecule has 3 nitrogen and oxygen atoms in total. The summed E-state index contributed by atoms with van der Waals surface area (Å²) in [5, 5.41) is 0. The van der Waals surface area contributed by atoms with E-state index in [2.05, 4.69) is 0 Å². The van der Waals surface area contributed by atoms with Gasteiger partial charge in [0.05, 0.1) is 19.2 Å². The van der Waals surface area contributed by atoms with E-state index in [9.17, 15) is 4.39 Å². The van der Waals surface area contributed by atoms with E-state index in [4.69, 9.17) is 15.6 Å². The average molecular weight is 288 g/mol. The third-order valence-electron chi connectivity index (χ3n) is 4.34. The van der Waals surface area contributed by atoms with Gasteiger partial charge in [0.1, 0.15) is 17.3 Å². The molecular weight excluding hydrogens is 259 g/mol. The molecule has 0 amide bonds. The molecular formula is C16H27FO3. The second-order valence-electron chi connectivity index (χ2n) is 8.50. The van der Waals surface area contributed by atoms with E-state index < -0.39 is 35.7 Å². The number of halogens is 1. The summed E-state index contributed by atoms with van der Waals surface area (Å²) in [7, 11) is 0. The number of hydrogen-bond donors (Lipinski definition) is 0. The molecule has 0 aromatic heterocycles. The quantitative estimate of drug-likeness (QED) is 0.780. The van der Waals surface area contributed by atoms with E-state index in [0.29, 0.717) is 6.42 Å². The highest BCUT2D eigenvalue weighted by atomic mass is 19.1. The van der Waals surface area contributed by atoms with Gasteiger partial charge in [-0.2, -0.15) is 0 Å². The van der Waals surface area contributed by atoms with Crippen LogP contribution in [0.3, 0.4) is 0 Å². The second kappa shape index (κ2) is 3.96. The Morgan fingerprint density at radius 2 is 1.55 bits per heavy atom. The van der Waals surface area contributed by atoms with Crippen molar-refractivity contribution in [3.63, 3.8) is 0 Å². The molecule has 1 aliphatic heterocycles. The molecule has 0 spiro atoms. The molecule has 0 unspecified atom stereocenters. The molecule has 2 aliphatic carbocycles. The molecule has 3 aliphatic rings. The summed E-state index contributed by atoms with van der Waals surface area (Å²) in [5.41, 5.74) is -2.29. The summed E-state index contributed by atoms with van der Waals surface area (Å²) in [4.78, 5) is 0. The lowest BCUT2D eigenvalue weighted by molar-refractivity contribution is -0.203. The summed E-state index contributed by atoms with van der Waals surface area (Å²) < 4.78 is 40.7. The Kier molecular flexibility index (Phi) is 2.67. The molecule has 116 valence electrons. The Bertz CT molecular complexity index is 444. The normalized spacial score (nSPS) is 51.6. The highest BCUT2D eigenvalue weighted by Crippen LogP contribution is 2.68. The first-order valence-corrected chi connectivity index (χ1v) is 7.52. The van der Waals surface area contributed by atoms with Crippen molar-refractivity contribution in [2.45, 2.75) is 89.1 Å². The fourth-order valence-electron chi connectivity index (χ4n) is 4.02. The van der Waals surface area contributed by atoms with Gasteiger partial charge >= 0.3 is 0 Å². The molecule has 0 aromatic rings. The lowest BCUT2D eigenvalue weighted by Gasteiger charge is -2.40. The van der Waals surface area contributed by atoms with Crippen LogP contribution in [0.2, 0.25) is 0 Å². The Labute approximate surface area is 122 Å². The van der Waals surface area contributed by atoms with Gasteiger partial charge in [-0.05, 0) is 60.3 Å². The first-order valence-electron chi connectivity index (χ1n) is 8.10. The van der Waals surface area contributed by atoms with Crippen LogP contribution in [0.1, 0.15) is 55.8 Å². The molecule has 2 saturated carbocycles. The lowest BCUT2D eigenvalue weighted by Crippen LogP contribution is -2.54.